The number of halogens is 1. The van der Waals surface area contributed by atoms with Crippen molar-refractivity contribution in [1.82, 2.24) is 4.72 Å². The Kier molecular flexibility index (Phi) is 8.89. The predicted molar refractivity (Wildman–Crippen MR) is 135 cm³/mol. The molecule has 35 heavy (non-hydrogen) atoms. The first-order chi connectivity index (χ1) is 16.7. The number of ketones is 1. The van der Waals surface area contributed by atoms with Gasteiger partial charge in [0.05, 0.1) is 35.6 Å². The molecular formula is C25H24BrNO7S. The van der Waals surface area contributed by atoms with E-state index >= 15 is 0 Å². The average molecular weight is 562 g/mol. The van der Waals surface area contributed by atoms with Gasteiger partial charge in [-0.25, -0.2) is 13.7 Å². The molecule has 0 aromatic heterocycles. The van der Waals surface area contributed by atoms with Crippen LogP contribution in [0.3, 0.4) is 0 Å². The van der Waals surface area contributed by atoms with Crippen LogP contribution < -0.4 is 18.9 Å². The molecule has 0 aliphatic carbocycles. The quantitative estimate of drug-likeness (QED) is 0.425. The first-order valence-electron chi connectivity index (χ1n) is 10.4. The number of amides is 1. The van der Waals surface area contributed by atoms with E-state index in [0.29, 0.717) is 28.4 Å². The molecule has 8 nitrogen and oxygen atoms in total. The summed E-state index contributed by atoms with van der Waals surface area (Å²) in [4.78, 5) is 23.0. The number of aryl methyl sites for hydroxylation is 1. The number of carbonyl (C=O) groups excluding carboxylic acids is 1. The Labute approximate surface area is 213 Å². The fraction of sp³-hybridized carbons (Fsp3) is 0.200. The summed E-state index contributed by atoms with van der Waals surface area (Å²) in [5.74, 6) is 2.04. The second-order valence-electron chi connectivity index (χ2n) is 7.48. The molecule has 1 amide bonds. The minimum Gasteiger partial charge on any atom is -0.497 e. The third-order valence-electron chi connectivity index (χ3n) is 5.09. The van der Waals surface area contributed by atoms with Crippen LogP contribution in [0.2, 0.25) is 0 Å². The van der Waals surface area contributed by atoms with Gasteiger partial charge in [-0.1, -0.05) is 23.8 Å². The summed E-state index contributed by atoms with van der Waals surface area (Å²) in [6, 6.07) is 17.8. The Bertz CT molecular complexity index is 1250. The van der Waals surface area contributed by atoms with Crippen LogP contribution in [-0.2, 0) is 11.0 Å². The van der Waals surface area contributed by atoms with Crippen molar-refractivity contribution >= 4 is 38.8 Å². The maximum absolute atomic E-state index is 12.4. The van der Waals surface area contributed by atoms with E-state index in [9.17, 15) is 13.8 Å². The molecule has 1 aliphatic heterocycles. The lowest BCUT2D eigenvalue weighted by molar-refractivity contribution is 0.0849. The van der Waals surface area contributed by atoms with Gasteiger partial charge in [-0.15, -0.1) is 0 Å². The summed E-state index contributed by atoms with van der Waals surface area (Å²) in [5, 5.41) is 8.30. The van der Waals surface area contributed by atoms with Gasteiger partial charge in [0.15, 0.2) is 16.8 Å². The van der Waals surface area contributed by atoms with Crippen molar-refractivity contribution in [3.05, 3.63) is 81.8 Å². The van der Waals surface area contributed by atoms with Gasteiger partial charge in [0.1, 0.15) is 23.4 Å². The van der Waals surface area contributed by atoms with E-state index in [1.807, 2.05) is 29.8 Å². The Morgan fingerprint density at radius 1 is 1.09 bits per heavy atom. The largest absolute Gasteiger partial charge is 0.497 e. The summed E-state index contributed by atoms with van der Waals surface area (Å²) >= 11 is 3.46. The van der Waals surface area contributed by atoms with Crippen LogP contribution in [0.1, 0.15) is 34.0 Å². The molecule has 0 bridgehead atoms. The van der Waals surface area contributed by atoms with Gasteiger partial charge in [0.25, 0.3) is 0 Å². The SMILES string of the molecule is COc1ccc2c(c1)C(=O)CC(c1ccc(OC)c(Br)c1)O2.Cc1ccc(S(=O)NC(=O)O)cc1. The Balaban J connectivity index is 0.000000225. The van der Waals surface area contributed by atoms with Crippen molar-refractivity contribution in [2.75, 3.05) is 14.2 Å². The molecule has 2 atom stereocenters. The minimum atomic E-state index is -1.67. The van der Waals surface area contributed by atoms with Crippen LogP contribution in [0.15, 0.2) is 70.0 Å². The second kappa shape index (κ2) is 11.9. The molecule has 2 unspecified atom stereocenters. The lowest BCUT2D eigenvalue weighted by Crippen LogP contribution is -2.23. The molecule has 2 N–H and O–H groups in total. The molecule has 0 saturated heterocycles. The van der Waals surface area contributed by atoms with Gasteiger partial charge in [0.2, 0.25) is 0 Å². The van der Waals surface area contributed by atoms with Crippen LogP contribution in [-0.4, -0.2) is 35.4 Å². The van der Waals surface area contributed by atoms with E-state index in [4.69, 9.17) is 19.3 Å². The van der Waals surface area contributed by atoms with Crippen molar-refractivity contribution < 1.29 is 33.1 Å². The van der Waals surface area contributed by atoms with Crippen LogP contribution in [0.4, 0.5) is 4.79 Å². The molecule has 4 rings (SSSR count). The number of carbonyl (C=O) groups is 2. The highest BCUT2D eigenvalue weighted by atomic mass is 79.9. The van der Waals surface area contributed by atoms with E-state index in [2.05, 4.69) is 15.9 Å². The number of ether oxygens (including phenoxy) is 3. The third-order valence-corrected chi connectivity index (χ3v) is 6.77. The average Bonchev–Trinajstić information content (AvgIpc) is 2.84. The van der Waals surface area contributed by atoms with Crippen LogP contribution >= 0.6 is 15.9 Å². The van der Waals surface area contributed by atoms with Crippen molar-refractivity contribution in [2.24, 2.45) is 0 Å². The van der Waals surface area contributed by atoms with Crippen molar-refractivity contribution in [3.8, 4) is 17.2 Å². The topological polar surface area (TPSA) is 111 Å². The zero-order chi connectivity index (χ0) is 25.5. The Morgan fingerprint density at radius 2 is 1.80 bits per heavy atom. The van der Waals surface area contributed by atoms with E-state index in [-0.39, 0.29) is 11.9 Å². The number of benzene rings is 3. The van der Waals surface area contributed by atoms with E-state index in [0.717, 1.165) is 21.3 Å². The third kappa shape index (κ3) is 6.83. The highest BCUT2D eigenvalue weighted by molar-refractivity contribution is 9.10. The van der Waals surface area contributed by atoms with E-state index in [1.165, 1.54) is 0 Å². The Hall–Kier alpha value is -3.37. The highest BCUT2D eigenvalue weighted by Gasteiger charge is 2.28. The molecule has 10 heteroatoms. The number of hydrogen-bond donors (Lipinski definition) is 2. The molecule has 0 spiro atoms. The lowest BCUT2D eigenvalue weighted by atomic mass is 9.96. The summed E-state index contributed by atoms with van der Waals surface area (Å²) in [7, 11) is 1.52. The predicted octanol–water partition coefficient (Wildman–Crippen LogP) is 5.46. The van der Waals surface area contributed by atoms with Crippen LogP contribution in [0, 0.1) is 6.92 Å². The minimum absolute atomic E-state index is 0.0529. The number of fused-ring (bicyclic) bond motifs is 1. The first kappa shape index (κ1) is 26.2. The summed E-state index contributed by atoms with van der Waals surface area (Å²) in [5.41, 5.74) is 2.54. The second-order valence-corrected chi connectivity index (χ2v) is 9.55. The first-order valence-corrected chi connectivity index (χ1v) is 12.4. The molecule has 1 heterocycles. The van der Waals surface area contributed by atoms with E-state index < -0.39 is 17.1 Å². The summed E-state index contributed by atoms with van der Waals surface area (Å²) in [6.45, 7) is 1.90. The van der Waals surface area contributed by atoms with Gasteiger partial charge in [-0.3, -0.25) is 4.79 Å². The number of rotatable bonds is 5. The number of Topliss-reactive ketones (excluding diaryl/α,β-unsaturated/α-hetero) is 1. The normalized spacial score (nSPS) is 15.0. The van der Waals surface area contributed by atoms with Crippen LogP contribution in [0.5, 0.6) is 17.2 Å². The van der Waals surface area contributed by atoms with Gasteiger partial charge in [0, 0.05) is 0 Å². The van der Waals surface area contributed by atoms with Crippen molar-refractivity contribution in [3.63, 3.8) is 0 Å². The molecular weight excluding hydrogens is 538 g/mol. The standard InChI is InChI=1S/C17H15BrO4.C8H9NO3S/c1-20-11-4-6-15-12(8-11)14(19)9-17(22-15)10-3-5-16(21-2)13(18)7-10;1-6-2-4-7(5-3-6)13(12)9-8(10)11/h3-8,17H,9H2,1-2H3;2-5,9H,1H3,(H,10,11). The van der Waals surface area contributed by atoms with Crippen molar-refractivity contribution in [1.29, 1.82) is 0 Å². The number of carboxylic acid groups (broad SMARTS) is 1. The molecule has 0 radical (unpaired) electrons. The number of methoxy groups -OCH3 is 2. The monoisotopic (exact) mass is 561 g/mol. The van der Waals surface area contributed by atoms with E-state index in [1.54, 1.807) is 56.7 Å². The molecule has 3 aromatic rings. The maximum atomic E-state index is 12.4. The van der Waals surface area contributed by atoms with Crippen LogP contribution in [0.25, 0.3) is 0 Å². The Morgan fingerprint density at radius 3 is 2.40 bits per heavy atom. The molecule has 3 aromatic carbocycles. The fourth-order valence-corrected chi connectivity index (χ4v) is 4.52. The molecule has 184 valence electrons. The summed E-state index contributed by atoms with van der Waals surface area (Å²) in [6.07, 6.45) is -1.28. The fourth-order valence-electron chi connectivity index (χ4n) is 3.30. The molecule has 0 saturated carbocycles. The zero-order valence-corrected chi connectivity index (χ0v) is 21.6. The van der Waals surface area contributed by atoms with Gasteiger partial charge >= 0.3 is 6.09 Å². The zero-order valence-electron chi connectivity index (χ0n) is 19.2. The smallest absolute Gasteiger partial charge is 0.416 e. The number of hydrogen-bond acceptors (Lipinski definition) is 6. The van der Waals surface area contributed by atoms with Gasteiger partial charge < -0.3 is 19.3 Å². The van der Waals surface area contributed by atoms with Crippen molar-refractivity contribution in [2.45, 2.75) is 24.3 Å². The highest BCUT2D eigenvalue weighted by Crippen LogP contribution is 2.38. The molecule has 1 aliphatic rings. The molecule has 0 fully saturated rings. The maximum Gasteiger partial charge on any atom is 0.416 e. The van der Waals surface area contributed by atoms with Gasteiger partial charge in [-0.05, 0) is 70.9 Å². The summed E-state index contributed by atoms with van der Waals surface area (Å²) < 4.78 is 30.2. The van der Waals surface area contributed by atoms with Gasteiger partial charge in [-0.2, -0.15) is 0 Å². The number of nitrogens with one attached hydrogen (secondary N) is 1. The lowest BCUT2D eigenvalue weighted by Gasteiger charge is -2.26.